The SMILES string of the molecule is CC(C)C(C(C)C)(C(C)C)C(C(C)C)(P(=O)([O-])[O-])P(=O)([O-])[O-]. The van der Waals surface area contributed by atoms with E-state index in [9.17, 15) is 28.7 Å². The Bertz CT molecular complexity index is 428. The molecule has 0 amide bonds. The van der Waals surface area contributed by atoms with Gasteiger partial charge in [-0.05, 0) is 29.1 Å². The van der Waals surface area contributed by atoms with E-state index in [1.165, 1.54) is 13.8 Å². The average Bonchev–Trinajstić information content (AvgIpc) is 2.18. The zero-order valence-corrected chi connectivity index (χ0v) is 16.4. The fourth-order valence-corrected chi connectivity index (χ4v) is 9.99. The van der Waals surface area contributed by atoms with E-state index in [1.807, 2.05) is 0 Å². The molecule has 0 radical (unpaired) electrons. The highest BCUT2D eigenvalue weighted by Crippen LogP contribution is 2.76. The minimum absolute atomic E-state index is 0.484. The Hall–Kier alpha value is 0.300. The first kappa shape index (κ1) is 22.3. The van der Waals surface area contributed by atoms with Crippen LogP contribution in [-0.4, -0.2) is 4.90 Å². The third-order valence-electron chi connectivity index (χ3n) is 5.14. The smallest absolute Gasteiger partial charge is 0.0342 e. The summed E-state index contributed by atoms with van der Waals surface area (Å²) in [6.07, 6.45) is 0. The molecule has 8 heteroatoms. The molecule has 0 bridgehead atoms. The largest absolute Gasteiger partial charge is 0.810 e. The maximum atomic E-state index is 12.2. The molecule has 0 atom stereocenters. The van der Waals surface area contributed by atoms with Crippen LogP contribution in [0.15, 0.2) is 0 Å². The summed E-state index contributed by atoms with van der Waals surface area (Å²) < 4.78 is 24.4. The minimum atomic E-state index is -5.76. The lowest BCUT2D eigenvalue weighted by Crippen LogP contribution is -2.65. The summed E-state index contributed by atoms with van der Waals surface area (Å²) >= 11 is 0. The van der Waals surface area contributed by atoms with Gasteiger partial charge >= 0.3 is 0 Å². The van der Waals surface area contributed by atoms with Gasteiger partial charge in [0.1, 0.15) is 0 Å². The molecular weight excluding hydrogens is 326 g/mol. The van der Waals surface area contributed by atoms with Crippen molar-refractivity contribution in [1.29, 1.82) is 0 Å². The molecule has 22 heavy (non-hydrogen) atoms. The molecule has 0 heterocycles. The van der Waals surface area contributed by atoms with Crippen LogP contribution in [0.2, 0.25) is 0 Å². The highest BCUT2D eigenvalue weighted by atomic mass is 31.2. The quantitative estimate of drug-likeness (QED) is 0.631. The van der Waals surface area contributed by atoms with Gasteiger partial charge in [-0.25, -0.2) is 0 Å². The van der Waals surface area contributed by atoms with Gasteiger partial charge in [0.25, 0.3) is 0 Å². The van der Waals surface area contributed by atoms with Crippen molar-refractivity contribution in [3.05, 3.63) is 0 Å². The third kappa shape index (κ3) is 2.87. The van der Waals surface area contributed by atoms with Crippen LogP contribution in [0.5, 0.6) is 0 Å². The summed E-state index contributed by atoms with van der Waals surface area (Å²) in [6, 6.07) is 0. The summed E-state index contributed by atoms with van der Waals surface area (Å²) in [5.41, 5.74) is -1.47. The van der Waals surface area contributed by atoms with Crippen molar-refractivity contribution in [2.75, 3.05) is 0 Å². The van der Waals surface area contributed by atoms with Gasteiger partial charge < -0.3 is 28.7 Å². The summed E-state index contributed by atoms with van der Waals surface area (Å²) in [5, 5.41) is 0. The number of rotatable bonds is 7. The topological polar surface area (TPSA) is 126 Å². The first-order chi connectivity index (χ1) is 9.52. The molecule has 0 saturated heterocycles. The third-order valence-corrected chi connectivity index (χ3v) is 10.1. The van der Waals surface area contributed by atoms with Crippen LogP contribution in [-0.2, 0) is 9.13 Å². The fourth-order valence-electron chi connectivity index (χ4n) is 5.03. The molecule has 0 saturated carbocycles. The monoisotopic (exact) mass is 354 g/mol. The van der Waals surface area contributed by atoms with E-state index in [2.05, 4.69) is 0 Å². The molecule has 0 aliphatic carbocycles. The maximum absolute atomic E-state index is 12.2. The highest BCUT2D eigenvalue weighted by molar-refractivity contribution is 7.69. The molecule has 0 spiro atoms. The molecule has 6 nitrogen and oxygen atoms in total. The van der Waals surface area contributed by atoms with E-state index in [4.69, 9.17) is 0 Å². The Morgan fingerprint density at radius 3 is 0.864 bits per heavy atom. The summed E-state index contributed by atoms with van der Waals surface area (Å²) in [7, 11) is -11.5. The average molecular weight is 354 g/mol. The minimum Gasteiger partial charge on any atom is -0.810 e. The lowest BCUT2D eigenvalue weighted by molar-refractivity contribution is -0.347. The Kier molecular flexibility index (Phi) is 6.75. The van der Waals surface area contributed by atoms with Crippen molar-refractivity contribution in [1.82, 2.24) is 0 Å². The summed E-state index contributed by atoms with van der Waals surface area (Å²) in [6.45, 7) is 12.7. The first-order valence-corrected chi connectivity index (χ1v) is 10.7. The molecule has 0 unspecified atom stereocenters. The van der Waals surface area contributed by atoms with Crippen molar-refractivity contribution in [3.63, 3.8) is 0 Å². The predicted octanol–water partition coefficient (Wildman–Crippen LogP) is 1.12. The molecule has 134 valence electrons. The van der Waals surface area contributed by atoms with E-state index in [1.54, 1.807) is 41.5 Å². The van der Waals surface area contributed by atoms with Crippen molar-refractivity contribution >= 4 is 15.2 Å². The Morgan fingerprint density at radius 2 is 0.818 bits per heavy atom. The lowest BCUT2D eigenvalue weighted by atomic mass is 9.58. The van der Waals surface area contributed by atoms with Gasteiger partial charge in [0, 0.05) is 4.90 Å². The van der Waals surface area contributed by atoms with E-state index >= 15 is 0 Å². The van der Waals surface area contributed by atoms with Crippen LogP contribution < -0.4 is 19.6 Å². The van der Waals surface area contributed by atoms with Gasteiger partial charge in [-0.2, -0.15) is 0 Å². The van der Waals surface area contributed by atoms with Crippen LogP contribution >= 0.6 is 15.2 Å². The summed E-state index contributed by atoms with van der Waals surface area (Å²) in [4.78, 5) is 45.9. The molecule has 0 fully saturated rings. The fraction of sp³-hybridized carbons (Fsp3) is 1.00. The second-order valence-corrected chi connectivity index (χ2v) is 11.0. The van der Waals surface area contributed by atoms with Gasteiger partial charge in [-0.3, -0.25) is 0 Å². The molecule has 0 N–H and O–H groups in total. The molecule has 0 aliphatic rings. The van der Waals surface area contributed by atoms with E-state index in [0.29, 0.717) is 0 Å². The second kappa shape index (κ2) is 6.66. The van der Waals surface area contributed by atoms with Crippen LogP contribution in [0.1, 0.15) is 55.4 Å². The van der Waals surface area contributed by atoms with Crippen molar-refractivity contribution in [2.45, 2.75) is 60.3 Å². The lowest BCUT2D eigenvalue weighted by Gasteiger charge is -2.73. The van der Waals surface area contributed by atoms with E-state index in [0.717, 1.165) is 0 Å². The van der Waals surface area contributed by atoms with E-state index < -0.39 is 49.2 Å². The molecule has 0 rings (SSSR count). The molecular formula is C14H28O6P2-4. The van der Waals surface area contributed by atoms with Crippen molar-refractivity contribution < 1.29 is 28.7 Å². The molecule has 0 aromatic carbocycles. The zero-order chi connectivity index (χ0) is 18.3. The van der Waals surface area contributed by atoms with Gasteiger partial charge in [-0.15, -0.1) is 0 Å². The Morgan fingerprint density at radius 1 is 0.591 bits per heavy atom. The molecule has 0 aromatic rings. The summed E-state index contributed by atoms with van der Waals surface area (Å²) in [5.74, 6) is -2.59. The Balaban J connectivity index is 7.30. The second-order valence-electron chi connectivity index (χ2n) is 7.27. The van der Waals surface area contributed by atoms with Crippen LogP contribution in [0.3, 0.4) is 0 Å². The van der Waals surface area contributed by atoms with Crippen LogP contribution in [0.25, 0.3) is 0 Å². The van der Waals surface area contributed by atoms with Crippen LogP contribution in [0.4, 0.5) is 0 Å². The van der Waals surface area contributed by atoms with Gasteiger partial charge in [-0.1, -0.05) is 70.6 Å². The van der Waals surface area contributed by atoms with Crippen LogP contribution in [0, 0.1) is 29.1 Å². The van der Waals surface area contributed by atoms with Crippen molar-refractivity contribution in [2.24, 2.45) is 29.1 Å². The Labute approximate surface area is 134 Å². The zero-order valence-electron chi connectivity index (χ0n) is 14.7. The first-order valence-electron chi connectivity index (χ1n) is 7.57. The number of hydrogen-bond acceptors (Lipinski definition) is 6. The molecule has 0 aromatic heterocycles. The van der Waals surface area contributed by atoms with Gasteiger partial charge in [0.2, 0.25) is 0 Å². The van der Waals surface area contributed by atoms with Gasteiger partial charge in [0.05, 0.1) is 0 Å². The maximum Gasteiger partial charge on any atom is 0.0342 e. The standard InChI is InChI=1S/C14H32O6P2/c1-9(2)13(10(3)4,11(5)6)14(12(7)8,21(15,16)17)22(18,19)20/h9-12H,1-8H3,(H2,15,16,17)(H2,18,19,20)/p-4. The molecule has 0 aliphatic heterocycles. The normalized spacial score (nSPS) is 15.5. The highest BCUT2D eigenvalue weighted by Gasteiger charge is 2.61. The van der Waals surface area contributed by atoms with Crippen molar-refractivity contribution in [3.8, 4) is 0 Å². The van der Waals surface area contributed by atoms with Gasteiger partial charge in [0.15, 0.2) is 0 Å². The number of hydrogen-bond donors (Lipinski definition) is 0. The predicted molar refractivity (Wildman–Crippen MR) is 79.7 cm³/mol. The van der Waals surface area contributed by atoms with E-state index in [-0.39, 0.29) is 0 Å².